The summed E-state index contributed by atoms with van der Waals surface area (Å²) in [6, 6.07) is 1.54. The van der Waals surface area contributed by atoms with E-state index in [0.717, 1.165) is 23.9 Å². The van der Waals surface area contributed by atoms with Crippen LogP contribution in [0.25, 0.3) is 0 Å². The number of rotatable bonds is 1. The Morgan fingerprint density at radius 2 is 1.45 bits per heavy atom. The molecule has 0 amide bonds. The Morgan fingerprint density at radius 3 is 1.91 bits per heavy atom. The van der Waals surface area contributed by atoms with E-state index < -0.39 is 0 Å². The molecule has 1 heteroatoms. The molecule has 1 aliphatic heterocycles. The fourth-order valence-electron chi connectivity index (χ4n) is 2.58. The van der Waals surface area contributed by atoms with Gasteiger partial charge in [-0.1, -0.05) is 0 Å². The minimum Gasteiger partial charge on any atom is -0.312 e. The Morgan fingerprint density at radius 1 is 0.909 bits per heavy atom. The third kappa shape index (κ3) is 1.76. The summed E-state index contributed by atoms with van der Waals surface area (Å²) < 4.78 is 0. The predicted octanol–water partition coefficient (Wildman–Crippen LogP) is 2.17. The Balaban J connectivity index is 1.89. The summed E-state index contributed by atoms with van der Waals surface area (Å²) in [5.41, 5.74) is 0. The lowest BCUT2D eigenvalue weighted by molar-refractivity contribution is 0.240. The van der Waals surface area contributed by atoms with E-state index in [4.69, 9.17) is 0 Å². The van der Waals surface area contributed by atoms with Crippen molar-refractivity contribution in [1.29, 1.82) is 0 Å². The molecule has 1 aliphatic carbocycles. The normalized spacial score (nSPS) is 45.8. The number of hydrogen-bond donors (Lipinski definition) is 1. The molecule has 0 spiro atoms. The van der Waals surface area contributed by atoms with Crippen LogP contribution in [0.5, 0.6) is 0 Å². The second-order valence-electron chi connectivity index (χ2n) is 4.54. The molecule has 64 valence electrons. The highest BCUT2D eigenvalue weighted by Crippen LogP contribution is 2.42. The highest BCUT2D eigenvalue weighted by molar-refractivity contribution is 4.89. The highest BCUT2D eigenvalue weighted by atomic mass is 15.0. The van der Waals surface area contributed by atoms with Gasteiger partial charge in [-0.25, -0.2) is 0 Å². The van der Waals surface area contributed by atoms with Crippen LogP contribution in [0.3, 0.4) is 0 Å². The second-order valence-corrected chi connectivity index (χ2v) is 4.54. The molecule has 0 bridgehead atoms. The first kappa shape index (κ1) is 7.60. The maximum absolute atomic E-state index is 3.59. The van der Waals surface area contributed by atoms with Crippen LogP contribution in [-0.4, -0.2) is 12.1 Å². The summed E-state index contributed by atoms with van der Waals surface area (Å²) in [6.07, 6.45) is 5.89. The van der Waals surface area contributed by atoms with E-state index in [1.165, 1.54) is 25.7 Å². The molecule has 2 rings (SSSR count). The lowest BCUT2D eigenvalue weighted by atomic mass is 9.85. The smallest absolute Gasteiger partial charge is 0.00439 e. The summed E-state index contributed by atoms with van der Waals surface area (Å²) in [5, 5.41) is 3.59. The molecule has 0 aromatic carbocycles. The van der Waals surface area contributed by atoms with Crippen LogP contribution < -0.4 is 5.32 Å². The molecular formula is C10H19N. The number of nitrogens with one attached hydrogen (secondary N) is 1. The largest absolute Gasteiger partial charge is 0.312 e. The van der Waals surface area contributed by atoms with Gasteiger partial charge in [-0.15, -0.1) is 0 Å². The zero-order valence-electron chi connectivity index (χ0n) is 7.64. The SMILES string of the molecule is CC1CC(C2CC2)CC(C)N1. The summed E-state index contributed by atoms with van der Waals surface area (Å²) in [5.74, 6) is 2.17. The van der Waals surface area contributed by atoms with E-state index in [1.807, 2.05) is 0 Å². The van der Waals surface area contributed by atoms with Gasteiger partial charge in [-0.2, -0.15) is 0 Å². The third-order valence-corrected chi connectivity index (χ3v) is 3.17. The van der Waals surface area contributed by atoms with Crippen molar-refractivity contribution in [2.45, 2.75) is 51.6 Å². The summed E-state index contributed by atoms with van der Waals surface area (Å²) >= 11 is 0. The first-order chi connectivity index (χ1) is 5.25. The Bertz CT molecular complexity index is 130. The molecule has 1 saturated carbocycles. The minimum absolute atomic E-state index is 0.768. The molecule has 1 saturated heterocycles. The predicted molar refractivity (Wildman–Crippen MR) is 47.5 cm³/mol. The summed E-state index contributed by atoms with van der Waals surface area (Å²) in [6.45, 7) is 4.65. The zero-order chi connectivity index (χ0) is 7.84. The number of piperidine rings is 1. The molecule has 2 unspecified atom stereocenters. The number of hydrogen-bond acceptors (Lipinski definition) is 1. The standard InChI is InChI=1S/C10H19N/c1-7-5-10(9-3-4-9)6-8(2)11-7/h7-11H,3-6H2,1-2H3. The molecule has 0 radical (unpaired) electrons. The summed E-state index contributed by atoms with van der Waals surface area (Å²) in [4.78, 5) is 0. The van der Waals surface area contributed by atoms with Gasteiger partial charge in [-0.05, 0) is 51.4 Å². The average Bonchev–Trinajstić information content (AvgIpc) is 2.64. The molecule has 1 heterocycles. The summed E-state index contributed by atoms with van der Waals surface area (Å²) in [7, 11) is 0. The van der Waals surface area contributed by atoms with Gasteiger partial charge in [0.25, 0.3) is 0 Å². The van der Waals surface area contributed by atoms with Crippen LogP contribution in [0.2, 0.25) is 0 Å². The molecule has 2 aliphatic rings. The molecule has 0 aromatic heterocycles. The van der Waals surface area contributed by atoms with Gasteiger partial charge in [0.1, 0.15) is 0 Å². The van der Waals surface area contributed by atoms with Crippen molar-refractivity contribution in [1.82, 2.24) is 5.32 Å². The van der Waals surface area contributed by atoms with Crippen LogP contribution in [0.1, 0.15) is 39.5 Å². The van der Waals surface area contributed by atoms with Crippen molar-refractivity contribution in [2.75, 3.05) is 0 Å². The third-order valence-electron chi connectivity index (χ3n) is 3.17. The average molecular weight is 153 g/mol. The van der Waals surface area contributed by atoms with Crippen molar-refractivity contribution in [3.63, 3.8) is 0 Å². The monoisotopic (exact) mass is 153 g/mol. The quantitative estimate of drug-likeness (QED) is 0.609. The van der Waals surface area contributed by atoms with Crippen molar-refractivity contribution in [3.05, 3.63) is 0 Å². The van der Waals surface area contributed by atoms with Gasteiger partial charge >= 0.3 is 0 Å². The highest BCUT2D eigenvalue weighted by Gasteiger charge is 2.35. The molecule has 2 fully saturated rings. The van der Waals surface area contributed by atoms with E-state index in [2.05, 4.69) is 19.2 Å². The Hall–Kier alpha value is -0.0400. The van der Waals surface area contributed by atoms with E-state index in [0.29, 0.717) is 0 Å². The van der Waals surface area contributed by atoms with Crippen molar-refractivity contribution in [2.24, 2.45) is 11.8 Å². The molecule has 1 N–H and O–H groups in total. The maximum atomic E-state index is 3.59. The molecule has 1 nitrogen and oxygen atoms in total. The van der Waals surface area contributed by atoms with Gasteiger partial charge < -0.3 is 5.32 Å². The molecule has 2 atom stereocenters. The molecular weight excluding hydrogens is 134 g/mol. The first-order valence-electron chi connectivity index (χ1n) is 5.01. The van der Waals surface area contributed by atoms with Crippen molar-refractivity contribution < 1.29 is 0 Å². The van der Waals surface area contributed by atoms with Crippen LogP contribution in [-0.2, 0) is 0 Å². The van der Waals surface area contributed by atoms with Crippen LogP contribution in [0, 0.1) is 11.8 Å². The van der Waals surface area contributed by atoms with E-state index in [1.54, 1.807) is 0 Å². The van der Waals surface area contributed by atoms with Gasteiger partial charge in [-0.3, -0.25) is 0 Å². The second kappa shape index (κ2) is 2.78. The maximum Gasteiger partial charge on any atom is 0.00439 e. The minimum atomic E-state index is 0.768. The van der Waals surface area contributed by atoms with Gasteiger partial charge in [0.05, 0.1) is 0 Å². The Labute approximate surface area is 69.6 Å². The first-order valence-corrected chi connectivity index (χ1v) is 5.01. The lowest BCUT2D eigenvalue weighted by Gasteiger charge is -2.33. The molecule has 11 heavy (non-hydrogen) atoms. The molecule has 0 aromatic rings. The van der Waals surface area contributed by atoms with E-state index >= 15 is 0 Å². The Kier molecular flexibility index (Phi) is 1.92. The van der Waals surface area contributed by atoms with Crippen LogP contribution in [0.4, 0.5) is 0 Å². The van der Waals surface area contributed by atoms with Gasteiger partial charge in [0.15, 0.2) is 0 Å². The van der Waals surface area contributed by atoms with Crippen LogP contribution >= 0.6 is 0 Å². The fraction of sp³-hybridized carbons (Fsp3) is 1.00. The fourth-order valence-corrected chi connectivity index (χ4v) is 2.58. The lowest BCUT2D eigenvalue weighted by Crippen LogP contribution is -2.42. The van der Waals surface area contributed by atoms with Gasteiger partial charge in [0.2, 0.25) is 0 Å². The van der Waals surface area contributed by atoms with Crippen molar-refractivity contribution in [3.8, 4) is 0 Å². The van der Waals surface area contributed by atoms with E-state index in [-0.39, 0.29) is 0 Å². The zero-order valence-corrected chi connectivity index (χ0v) is 7.64. The van der Waals surface area contributed by atoms with Crippen LogP contribution in [0.15, 0.2) is 0 Å². The van der Waals surface area contributed by atoms with Crippen molar-refractivity contribution >= 4 is 0 Å². The topological polar surface area (TPSA) is 12.0 Å². The van der Waals surface area contributed by atoms with Gasteiger partial charge in [0, 0.05) is 12.1 Å². The van der Waals surface area contributed by atoms with E-state index in [9.17, 15) is 0 Å².